The van der Waals surface area contributed by atoms with Crippen LogP contribution in [0.3, 0.4) is 0 Å². The lowest BCUT2D eigenvalue weighted by Gasteiger charge is -2.29. The lowest BCUT2D eigenvalue weighted by molar-refractivity contribution is 0.0628. The Morgan fingerprint density at radius 1 is 1.38 bits per heavy atom. The number of rotatable bonds is 8. The third-order valence-electron chi connectivity index (χ3n) is 3.62. The number of carbonyl (C=O) groups excluding carboxylic acids is 1. The van der Waals surface area contributed by atoms with Crippen molar-refractivity contribution in [3.05, 3.63) is 4.88 Å². The second-order valence-corrected chi connectivity index (χ2v) is 5.89. The van der Waals surface area contributed by atoms with Gasteiger partial charge in [-0.05, 0) is 19.8 Å². The maximum atomic E-state index is 12.7. The van der Waals surface area contributed by atoms with Crippen molar-refractivity contribution in [2.75, 3.05) is 37.4 Å². The van der Waals surface area contributed by atoms with Crippen molar-refractivity contribution in [1.82, 2.24) is 9.88 Å². The standard InChI is InChI=1S/C14H26N4O2S/c1-5-10(6-2)18(8-9-19)13(20)11-12(15)16-14(21-11)17(4)7-3/h10,19H,5-9,15H2,1-4H3. The van der Waals surface area contributed by atoms with E-state index in [-0.39, 0.29) is 24.4 Å². The Kier molecular flexibility index (Phi) is 6.91. The Hall–Kier alpha value is -1.34. The van der Waals surface area contributed by atoms with Gasteiger partial charge < -0.3 is 20.6 Å². The third kappa shape index (κ3) is 4.07. The smallest absolute Gasteiger partial charge is 0.268 e. The first kappa shape index (κ1) is 17.7. The number of aromatic nitrogens is 1. The highest BCUT2D eigenvalue weighted by Crippen LogP contribution is 2.29. The summed E-state index contributed by atoms with van der Waals surface area (Å²) in [6.07, 6.45) is 1.70. The number of anilines is 2. The molecule has 0 fully saturated rings. The highest BCUT2D eigenvalue weighted by molar-refractivity contribution is 7.18. The number of amides is 1. The van der Waals surface area contributed by atoms with E-state index in [4.69, 9.17) is 5.73 Å². The molecule has 21 heavy (non-hydrogen) atoms. The van der Waals surface area contributed by atoms with Crippen LogP contribution in [0.15, 0.2) is 0 Å². The molecular formula is C14H26N4O2S. The highest BCUT2D eigenvalue weighted by atomic mass is 32.1. The van der Waals surface area contributed by atoms with Crippen molar-refractivity contribution >= 4 is 28.2 Å². The highest BCUT2D eigenvalue weighted by Gasteiger charge is 2.26. The summed E-state index contributed by atoms with van der Waals surface area (Å²) in [5.74, 6) is 0.137. The first-order valence-electron chi connectivity index (χ1n) is 7.39. The molecule has 1 aromatic heterocycles. The summed E-state index contributed by atoms with van der Waals surface area (Å²) in [6, 6.07) is 0.110. The van der Waals surface area contributed by atoms with Crippen LogP contribution in [-0.4, -0.2) is 53.7 Å². The van der Waals surface area contributed by atoms with Crippen molar-refractivity contribution in [1.29, 1.82) is 0 Å². The maximum absolute atomic E-state index is 12.7. The number of aliphatic hydroxyl groups is 1. The molecule has 1 aromatic rings. The fourth-order valence-corrected chi connectivity index (χ4v) is 3.16. The zero-order valence-electron chi connectivity index (χ0n) is 13.3. The summed E-state index contributed by atoms with van der Waals surface area (Å²) in [7, 11) is 1.92. The maximum Gasteiger partial charge on any atom is 0.268 e. The zero-order chi connectivity index (χ0) is 16.0. The predicted octanol–water partition coefficient (Wildman–Crippen LogP) is 1.80. The quantitative estimate of drug-likeness (QED) is 0.764. The lowest BCUT2D eigenvalue weighted by atomic mass is 10.1. The Bertz CT molecular complexity index is 460. The molecule has 0 aliphatic carbocycles. The number of thiazole rings is 1. The number of hydrogen-bond acceptors (Lipinski definition) is 6. The fraction of sp³-hybridized carbons (Fsp3) is 0.714. The van der Waals surface area contributed by atoms with E-state index in [1.165, 1.54) is 11.3 Å². The molecule has 1 rings (SSSR count). The Labute approximate surface area is 130 Å². The summed E-state index contributed by atoms with van der Waals surface area (Å²) in [5.41, 5.74) is 5.91. The van der Waals surface area contributed by atoms with Crippen LogP contribution in [-0.2, 0) is 0 Å². The molecule has 0 radical (unpaired) electrons. The lowest BCUT2D eigenvalue weighted by Crippen LogP contribution is -2.41. The van der Waals surface area contributed by atoms with E-state index in [1.54, 1.807) is 4.90 Å². The molecule has 3 N–H and O–H groups in total. The largest absolute Gasteiger partial charge is 0.395 e. The van der Waals surface area contributed by atoms with E-state index in [1.807, 2.05) is 32.7 Å². The number of nitrogens with two attached hydrogens (primary N) is 1. The van der Waals surface area contributed by atoms with Crippen LogP contribution in [0.5, 0.6) is 0 Å². The van der Waals surface area contributed by atoms with E-state index >= 15 is 0 Å². The van der Waals surface area contributed by atoms with Gasteiger partial charge in [0.15, 0.2) is 5.13 Å². The van der Waals surface area contributed by atoms with Crippen LogP contribution in [0.1, 0.15) is 43.3 Å². The number of nitrogens with zero attached hydrogens (tertiary/aromatic N) is 3. The predicted molar refractivity (Wildman–Crippen MR) is 88.0 cm³/mol. The second kappa shape index (κ2) is 8.19. The Morgan fingerprint density at radius 2 is 2.00 bits per heavy atom. The van der Waals surface area contributed by atoms with Crippen LogP contribution in [0.4, 0.5) is 10.9 Å². The van der Waals surface area contributed by atoms with Gasteiger partial charge in [-0.3, -0.25) is 4.79 Å². The van der Waals surface area contributed by atoms with Gasteiger partial charge in [0.05, 0.1) is 6.61 Å². The summed E-state index contributed by atoms with van der Waals surface area (Å²) in [5, 5.41) is 9.97. The van der Waals surface area contributed by atoms with Crippen LogP contribution in [0.25, 0.3) is 0 Å². The van der Waals surface area contributed by atoms with Crippen molar-refractivity contribution < 1.29 is 9.90 Å². The minimum atomic E-state index is -0.136. The summed E-state index contributed by atoms with van der Waals surface area (Å²) in [6.45, 7) is 7.16. The summed E-state index contributed by atoms with van der Waals surface area (Å²) in [4.78, 5) is 21.1. The molecule has 0 unspecified atom stereocenters. The van der Waals surface area contributed by atoms with E-state index in [2.05, 4.69) is 4.98 Å². The number of carbonyl (C=O) groups is 1. The minimum absolute atomic E-state index is 0.0529. The van der Waals surface area contributed by atoms with Gasteiger partial charge >= 0.3 is 0 Å². The van der Waals surface area contributed by atoms with Crippen LogP contribution < -0.4 is 10.6 Å². The molecular weight excluding hydrogens is 288 g/mol. The molecule has 120 valence electrons. The Balaban J connectivity index is 3.06. The van der Waals surface area contributed by atoms with Gasteiger partial charge in [0, 0.05) is 26.2 Å². The molecule has 0 spiro atoms. The average Bonchev–Trinajstić information content (AvgIpc) is 2.88. The molecule has 0 aliphatic rings. The average molecular weight is 314 g/mol. The SMILES string of the molecule is CCC(CC)N(CCO)C(=O)c1sc(N(C)CC)nc1N. The van der Waals surface area contributed by atoms with Crippen molar-refractivity contribution in [3.8, 4) is 0 Å². The molecule has 1 heterocycles. The van der Waals surface area contributed by atoms with Crippen LogP contribution in [0, 0.1) is 0 Å². The third-order valence-corrected chi connectivity index (χ3v) is 4.80. The van der Waals surface area contributed by atoms with Crippen LogP contribution >= 0.6 is 11.3 Å². The summed E-state index contributed by atoms with van der Waals surface area (Å²) < 4.78 is 0. The van der Waals surface area contributed by atoms with Crippen molar-refractivity contribution in [2.24, 2.45) is 0 Å². The molecule has 0 aliphatic heterocycles. The normalized spacial score (nSPS) is 11.0. The molecule has 6 nitrogen and oxygen atoms in total. The second-order valence-electron chi connectivity index (χ2n) is 4.92. The van der Waals surface area contributed by atoms with Crippen LogP contribution in [0.2, 0.25) is 0 Å². The Morgan fingerprint density at radius 3 is 2.48 bits per heavy atom. The number of aliphatic hydroxyl groups excluding tert-OH is 1. The molecule has 7 heteroatoms. The van der Waals surface area contributed by atoms with Crippen molar-refractivity contribution in [2.45, 2.75) is 39.7 Å². The van der Waals surface area contributed by atoms with E-state index in [0.717, 1.165) is 24.5 Å². The minimum Gasteiger partial charge on any atom is -0.395 e. The zero-order valence-corrected chi connectivity index (χ0v) is 14.1. The topological polar surface area (TPSA) is 82.7 Å². The molecule has 0 atom stereocenters. The van der Waals surface area contributed by atoms with Gasteiger partial charge in [0.2, 0.25) is 0 Å². The number of hydrogen-bond donors (Lipinski definition) is 2. The molecule has 0 bridgehead atoms. The number of nitrogen functional groups attached to an aromatic ring is 1. The van der Waals surface area contributed by atoms with Gasteiger partial charge in [0.1, 0.15) is 10.7 Å². The van der Waals surface area contributed by atoms with Gasteiger partial charge in [-0.1, -0.05) is 25.2 Å². The molecule has 0 saturated carbocycles. The first-order valence-corrected chi connectivity index (χ1v) is 8.20. The fourth-order valence-electron chi connectivity index (χ4n) is 2.19. The van der Waals surface area contributed by atoms with Gasteiger partial charge in [-0.15, -0.1) is 0 Å². The molecule has 0 aromatic carbocycles. The van der Waals surface area contributed by atoms with Gasteiger partial charge in [-0.2, -0.15) is 0 Å². The summed E-state index contributed by atoms with van der Waals surface area (Å²) >= 11 is 1.31. The van der Waals surface area contributed by atoms with E-state index in [9.17, 15) is 9.90 Å². The van der Waals surface area contributed by atoms with E-state index in [0.29, 0.717) is 11.4 Å². The molecule has 1 amide bonds. The van der Waals surface area contributed by atoms with Crippen molar-refractivity contribution in [3.63, 3.8) is 0 Å². The monoisotopic (exact) mass is 314 g/mol. The van der Waals surface area contributed by atoms with Gasteiger partial charge in [0.25, 0.3) is 5.91 Å². The first-order chi connectivity index (χ1) is 9.99. The van der Waals surface area contributed by atoms with Gasteiger partial charge in [-0.25, -0.2) is 4.98 Å². The molecule has 0 saturated heterocycles. The van der Waals surface area contributed by atoms with E-state index < -0.39 is 0 Å².